The van der Waals surface area contributed by atoms with Gasteiger partial charge in [0.15, 0.2) is 0 Å². The molecule has 0 atom stereocenters. The molecule has 2 saturated carbocycles. The van der Waals surface area contributed by atoms with Gasteiger partial charge in [0.2, 0.25) is 11.8 Å². The monoisotopic (exact) mass is 264 g/mol. The topological polar surface area (TPSA) is 49.4 Å². The molecular formula is C15H24N2O2. The average Bonchev–Trinajstić information content (AvgIpc) is 2.89. The SMILES string of the molecule is CCN1C(=O)C2(CCCCC2)NC(=O)C12CCCC2. The lowest BCUT2D eigenvalue weighted by molar-refractivity contribution is -0.164. The van der Waals surface area contributed by atoms with Crippen LogP contribution in [0.4, 0.5) is 0 Å². The molecule has 4 heteroatoms. The minimum absolute atomic E-state index is 0.119. The predicted molar refractivity (Wildman–Crippen MR) is 72.5 cm³/mol. The minimum Gasteiger partial charge on any atom is -0.340 e. The fraction of sp³-hybridized carbons (Fsp3) is 0.867. The Kier molecular flexibility index (Phi) is 3.06. The zero-order valence-electron chi connectivity index (χ0n) is 11.8. The summed E-state index contributed by atoms with van der Waals surface area (Å²) in [6, 6.07) is 0. The number of carbonyl (C=O) groups excluding carboxylic acids is 2. The molecule has 4 nitrogen and oxygen atoms in total. The van der Waals surface area contributed by atoms with E-state index in [2.05, 4.69) is 5.32 Å². The lowest BCUT2D eigenvalue weighted by Gasteiger charge is -2.52. The summed E-state index contributed by atoms with van der Waals surface area (Å²) in [6.45, 7) is 2.67. The molecule has 0 radical (unpaired) electrons. The van der Waals surface area contributed by atoms with E-state index in [-0.39, 0.29) is 11.8 Å². The summed E-state index contributed by atoms with van der Waals surface area (Å²) >= 11 is 0. The Morgan fingerprint density at radius 2 is 1.58 bits per heavy atom. The number of nitrogens with zero attached hydrogens (tertiary/aromatic N) is 1. The molecule has 19 heavy (non-hydrogen) atoms. The Morgan fingerprint density at radius 3 is 2.16 bits per heavy atom. The third-order valence-corrected chi connectivity index (χ3v) is 5.40. The van der Waals surface area contributed by atoms with Gasteiger partial charge in [0.1, 0.15) is 11.1 Å². The fourth-order valence-electron chi connectivity index (χ4n) is 4.36. The van der Waals surface area contributed by atoms with Crippen LogP contribution in [0.5, 0.6) is 0 Å². The summed E-state index contributed by atoms with van der Waals surface area (Å²) in [4.78, 5) is 27.6. The summed E-state index contributed by atoms with van der Waals surface area (Å²) in [7, 11) is 0. The fourth-order valence-corrected chi connectivity index (χ4v) is 4.36. The van der Waals surface area contributed by atoms with Gasteiger partial charge in [0.25, 0.3) is 0 Å². The zero-order chi connectivity index (χ0) is 13.5. The van der Waals surface area contributed by atoms with Crippen LogP contribution in [-0.2, 0) is 9.59 Å². The number of rotatable bonds is 1. The summed E-state index contributed by atoms with van der Waals surface area (Å²) in [5, 5.41) is 3.15. The second-order valence-electron chi connectivity index (χ2n) is 6.38. The van der Waals surface area contributed by atoms with Gasteiger partial charge >= 0.3 is 0 Å². The maximum atomic E-state index is 13.0. The second-order valence-corrected chi connectivity index (χ2v) is 6.38. The van der Waals surface area contributed by atoms with Gasteiger partial charge in [-0.2, -0.15) is 0 Å². The van der Waals surface area contributed by atoms with Crippen molar-refractivity contribution >= 4 is 11.8 Å². The number of amides is 2. The summed E-state index contributed by atoms with van der Waals surface area (Å²) < 4.78 is 0. The van der Waals surface area contributed by atoms with Crippen LogP contribution in [0.2, 0.25) is 0 Å². The van der Waals surface area contributed by atoms with E-state index in [1.807, 2.05) is 11.8 Å². The predicted octanol–water partition coefficient (Wildman–Crippen LogP) is 1.98. The molecule has 0 aromatic carbocycles. The maximum absolute atomic E-state index is 13.0. The molecule has 0 aromatic rings. The molecule has 0 unspecified atom stereocenters. The first-order chi connectivity index (χ1) is 9.15. The minimum atomic E-state index is -0.570. The van der Waals surface area contributed by atoms with Crippen LogP contribution in [0.3, 0.4) is 0 Å². The van der Waals surface area contributed by atoms with Crippen molar-refractivity contribution < 1.29 is 9.59 Å². The quantitative estimate of drug-likeness (QED) is 0.787. The third-order valence-electron chi connectivity index (χ3n) is 5.40. The van der Waals surface area contributed by atoms with Crippen LogP contribution in [0.1, 0.15) is 64.7 Å². The van der Waals surface area contributed by atoms with Gasteiger partial charge in [-0.05, 0) is 32.6 Å². The number of nitrogens with one attached hydrogen (secondary N) is 1. The van der Waals surface area contributed by atoms with Crippen LogP contribution in [-0.4, -0.2) is 34.3 Å². The lowest BCUT2D eigenvalue weighted by atomic mass is 9.75. The van der Waals surface area contributed by atoms with E-state index in [0.717, 1.165) is 51.4 Å². The van der Waals surface area contributed by atoms with Crippen LogP contribution in [0.25, 0.3) is 0 Å². The molecule has 1 saturated heterocycles. The molecule has 106 valence electrons. The van der Waals surface area contributed by atoms with Gasteiger partial charge in [-0.25, -0.2) is 0 Å². The zero-order valence-corrected chi connectivity index (χ0v) is 11.8. The Bertz CT molecular complexity index is 393. The van der Waals surface area contributed by atoms with Crippen molar-refractivity contribution in [3.05, 3.63) is 0 Å². The van der Waals surface area contributed by atoms with Crippen molar-refractivity contribution in [2.45, 2.75) is 75.8 Å². The van der Waals surface area contributed by atoms with Crippen molar-refractivity contribution in [1.82, 2.24) is 10.2 Å². The Hall–Kier alpha value is -1.06. The van der Waals surface area contributed by atoms with E-state index in [1.165, 1.54) is 6.42 Å². The highest BCUT2D eigenvalue weighted by Crippen LogP contribution is 2.43. The normalized spacial score (nSPS) is 29.0. The van der Waals surface area contributed by atoms with Crippen LogP contribution >= 0.6 is 0 Å². The summed E-state index contributed by atoms with van der Waals surface area (Å²) in [5.41, 5.74) is -1.09. The Balaban J connectivity index is 1.95. The van der Waals surface area contributed by atoms with Crippen LogP contribution in [0.15, 0.2) is 0 Å². The van der Waals surface area contributed by atoms with Gasteiger partial charge in [-0.15, -0.1) is 0 Å². The summed E-state index contributed by atoms with van der Waals surface area (Å²) in [5.74, 6) is 0.310. The first-order valence-corrected chi connectivity index (χ1v) is 7.79. The highest BCUT2D eigenvalue weighted by Gasteiger charge is 2.58. The van der Waals surface area contributed by atoms with E-state index in [4.69, 9.17) is 0 Å². The second kappa shape index (κ2) is 4.50. The van der Waals surface area contributed by atoms with Gasteiger partial charge in [0, 0.05) is 6.54 Å². The molecule has 3 rings (SSSR count). The first-order valence-electron chi connectivity index (χ1n) is 7.79. The van der Waals surface area contributed by atoms with Crippen LogP contribution in [0, 0.1) is 0 Å². The largest absolute Gasteiger partial charge is 0.340 e. The van der Waals surface area contributed by atoms with E-state index in [9.17, 15) is 9.59 Å². The van der Waals surface area contributed by atoms with Gasteiger partial charge in [0.05, 0.1) is 0 Å². The first kappa shape index (κ1) is 12.9. The summed E-state index contributed by atoms with van der Waals surface area (Å²) in [6.07, 6.45) is 8.74. The molecule has 0 aromatic heterocycles. The van der Waals surface area contributed by atoms with E-state index in [0.29, 0.717) is 6.54 Å². The molecule has 3 fully saturated rings. The number of piperazine rings is 1. The number of hydrogen-bond donors (Lipinski definition) is 1. The van der Waals surface area contributed by atoms with E-state index < -0.39 is 11.1 Å². The Labute approximate surface area is 114 Å². The molecule has 2 spiro atoms. The third kappa shape index (κ3) is 1.72. The van der Waals surface area contributed by atoms with Gasteiger partial charge < -0.3 is 10.2 Å². The lowest BCUT2D eigenvalue weighted by Crippen LogP contribution is -2.75. The van der Waals surface area contributed by atoms with Crippen molar-refractivity contribution in [2.75, 3.05) is 6.54 Å². The van der Waals surface area contributed by atoms with Crippen molar-refractivity contribution in [3.8, 4) is 0 Å². The standard InChI is InChI=1S/C15H24N2O2/c1-2-17-13(19)14(8-4-3-5-9-14)16-12(18)15(17)10-6-7-11-15/h2-11H2,1H3,(H,16,18). The maximum Gasteiger partial charge on any atom is 0.249 e. The van der Waals surface area contributed by atoms with Gasteiger partial charge in [-0.1, -0.05) is 32.1 Å². The highest BCUT2D eigenvalue weighted by molar-refractivity contribution is 6.02. The molecule has 1 N–H and O–H groups in total. The molecule has 1 aliphatic heterocycles. The number of hydrogen-bond acceptors (Lipinski definition) is 2. The molecule has 0 bridgehead atoms. The molecule has 1 heterocycles. The van der Waals surface area contributed by atoms with Crippen molar-refractivity contribution in [2.24, 2.45) is 0 Å². The Morgan fingerprint density at radius 1 is 1.00 bits per heavy atom. The van der Waals surface area contributed by atoms with Crippen molar-refractivity contribution in [3.63, 3.8) is 0 Å². The molecule has 2 amide bonds. The van der Waals surface area contributed by atoms with Crippen LogP contribution < -0.4 is 5.32 Å². The number of carbonyl (C=O) groups is 2. The highest BCUT2D eigenvalue weighted by atomic mass is 16.2. The van der Waals surface area contributed by atoms with Gasteiger partial charge in [-0.3, -0.25) is 9.59 Å². The molecule has 3 aliphatic rings. The number of likely N-dealkylation sites (N-methyl/N-ethyl adjacent to an activating group) is 1. The molecule has 2 aliphatic carbocycles. The van der Waals surface area contributed by atoms with E-state index in [1.54, 1.807) is 0 Å². The smallest absolute Gasteiger partial charge is 0.249 e. The average molecular weight is 264 g/mol. The van der Waals surface area contributed by atoms with E-state index >= 15 is 0 Å². The molecular weight excluding hydrogens is 240 g/mol. The van der Waals surface area contributed by atoms with Crippen molar-refractivity contribution in [1.29, 1.82) is 0 Å².